The third kappa shape index (κ3) is 5.25. The summed E-state index contributed by atoms with van der Waals surface area (Å²) in [7, 11) is 1.45. The van der Waals surface area contributed by atoms with E-state index in [0.717, 1.165) is 6.07 Å². The number of hydrogen-bond acceptors (Lipinski definition) is 4. The van der Waals surface area contributed by atoms with Crippen LogP contribution in [0.5, 0.6) is 5.75 Å². The summed E-state index contributed by atoms with van der Waals surface area (Å²) in [5, 5.41) is 9.86. The van der Waals surface area contributed by atoms with E-state index in [-0.39, 0.29) is 17.3 Å². The lowest BCUT2D eigenvalue weighted by atomic mass is 10.0. The van der Waals surface area contributed by atoms with Crippen molar-refractivity contribution in [3.05, 3.63) is 101 Å². The van der Waals surface area contributed by atoms with Crippen molar-refractivity contribution in [1.82, 2.24) is 9.78 Å². The number of anilines is 2. The number of rotatable bonds is 7. The Bertz CT molecular complexity index is 1420. The largest absolute Gasteiger partial charge is 0.495 e. The molecule has 4 rings (SSSR count). The fourth-order valence-corrected chi connectivity index (χ4v) is 3.78. The van der Waals surface area contributed by atoms with E-state index in [0.29, 0.717) is 34.1 Å². The molecule has 0 atom stereocenters. The molecule has 4 aromatic rings. The van der Waals surface area contributed by atoms with Crippen molar-refractivity contribution in [2.24, 2.45) is 0 Å². The highest BCUT2D eigenvalue weighted by molar-refractivity contribution is 6.07. The van der Waals surface area contributed by atoms with Crippen molar-refractivity contribution in [3.8, 4) is 11.4 Å². The van der Waals surface area contributed by atoms with Crippen LogP contribution >= 0.6 is 0 Å². The van der Waals surface area contributed by atoms with E-state index in [4.69, 9.17) is 4.74 Å². The molecule has 1 heterocycles. The van der Waals surface area contributed by atoms with Crippen LogP contribution in [0.1, 0.15) is 46.2 Å². The normalized spacial score (nSPS) is 10.8. The average Bonchev–Trinajstić information content (AvgIpc) is 3.30. The predicted octanol–water partition coefficient (Wildman–Crippen LogP) is 5.79. The highest BCUT2D eigenvalue weighted by Crippen LogP contribution is 2.30. The van der Waals surface area contributed by atoms with E-state index in [1.807, 2.05) is 13.8 Å². The molecule has 0 saturated carbocycles. The number of halogens is 2. The minimum atomic E-state index is -0.530. The Kier molecular flexibility index (Phi) is 7.10. The van der Waals surface area contributed by atoms with Crippen LogP contribution in [0.25, 0.3) is 5.69 Å². The quantitative estimate of drug-likeness (QED) is 0.344. The second kappa shape index (κ2) is 10.4. The molecule has 0 unspecified atom stereocenters. The minimum Gasteiger partial charge on any atom is -0.495 e. The van der Waals surface area contributed by atoms with Gasteiger partial charge in [-0.05, 0) is 66.6 Å². The fraction of sp³-hybridized carbons (Fsp3) is 0.148. The van der Waals surface area contributed by atoms with Crippen LogP contribution < -0.4 is 15.4 Å². The number of nitrogens with one attached hydrogen (secondary N) is 2. The molecular formula is C27H24F2N4O3. The summed E-state index contributed by atoms with van der Waals surface area (Å²) in [6.07, 6.45) is 1.46. The van der Waals surface area contributed by atoms with E-state index in [1.165, 1.54) is 43.6 Å². The van der Waals surface area contributed by atoms with Crippen LogP contribution in [0.2, 0.25) is 0 Å². The number of nitrogens with zero attached hydrogens (tertiary/aromatic N) is 2. The number of aromatic nitrogens is 2. The molecule has 0 fully saturated rings. The molecule has 9 heteroatoms. The Labute approximate surface area is 206 Å². The molecule has 0 aliphatic carbocycles. The molecular weight excluding hydrogens is 466 g/mol. The zero-order chi connectivity index (χ0) is 25.8. The van der Waals surface area contributed by atoms with Crippen LogP contribution in [-0.4, -0.2) is 28.7 Å². The third-order valence-electron chi connectivity index (χ3n) is 5.46. The molecule has 2 N–H and O–H groups in total. The van der Waals surface area contributed by atoms with Crippen molar-refractivity contribution in [2.45, 2.75) is 19.8 Å². The molecule has 3 aromatic carbocycles. The maximum Gasteiger partial charge on any atom is 0.259 e. The van der Waals surface area contributed by atoms with Crippen molar-refractivity contribution >= 4 is 23.2 Å². The fourth-order valence-electron chi connectivity index (χ4n) is 3.78. The van der Waals surface area contributed by atoms with Crippen molar-refractivity contribution in [2.75, 3.05) is 17.7 Å². The van der Waals surface area contributed by atoms with Gasteiger partial charge >= 0.3 is 0 Å². The molecule has 0 aliphatic rings. The standard InChI is InChI=1S/C27H24F2N4O3/c1-16(2)25-22(15-30-33(25)21-10-7-18(28)8-11-21)27(35)31-20-9-12-24(36-3)23(14-20)32-26(34)17-5-4-6-19(29)13-17/h4-16H,1-3H3,(H,31,35)(H,32,34). The first kappa shape index (κ1) is 24.6. The Morgan fingerprint density at radius 1 is 0.917 bits per heavy atom. The Balaban J connectivity index is 1.60. The number of benzene rings is 3. The van der Waals surface area contributed by atoms with Crippen LogP contribution in [-0.2, 0) is 0 Å². The molecule has 0 spiro atoms. The molecule has 1 aromatic heterocycles. The highest BCUT2D eigenvalue weighted by atomic mass is 19.1. The second-order valence-electron chi connectivity index (χ2n) is 8.32. The van der Waals surface area contributed by atoms with Crippen molar-refractivity contribution in [1.29, 1.82) is 0 Å². The first-order chi connectivity index (χ1) is 17.3. The van der Waals surface area contributed by atoms with Crippen LogP contribution in [0.3, 0.4) is 0 Å². The number of hydrogen-bond donors (Lipinski definition) is 2. The average molecular weight is 491 g/mol. The molecule has 0 bridgehead atoms. The van der Waals surface area contributed by atoms with Crippen LogP contribution in [0, 0.1) is 11.6 Å². The summed E-state index contributed by atoms with van der Waals surface area (Å²) >= 11 is 0. The number of amides is 2. The minimum absolute atomic E-state index is 0.0599. The highest BCUT2D eigenvalue weighted by Gasteiger charge is 2.22. The molecule has 184 valence electrons. The molecule has 36 heavy (non-hydrogen) atoms. The van der Waals surface area contributed by atoms with Gasteiger partial charge in [-0.25, -0.2) is 13.5 Å². The summed E-state index contributed by atoms with van der Waals surface area (Å²) < 4.78 is 33.8. The maximum absolute atomic E-state index is 13.5. The zero-order valence-corrected chi connectivity index (χ0v) is 19.9. The van der Waals surface area contributed by atoms with Gasteiger partial charge in [0.05, 0.1) is 35.9 Å². The molecule has 0 saturated heterocycles. The van der Waals surface area contributed by atoms with Gasteiger partial charge in [-0.2, -0.15) is 5.10 Å². The lowest BCUT2D eigenvalue weighted by Crippen LogP contribution is -2.16. The van der Waals surface area contributed by atoms with Gasteiger partial charge in [0.25, 0.3) is 11.8 Å². The van der Waals surface area contributed by atoms with Gasteiger partial charge in [-0.3, -0.25) is 9.59 Å². The summed E-state index contributed by atoms with van der Waals surface area (Å²) in [6, 6.07) is 15.9. The van der Waals surface area contributed by atoms with Crippen molar-refractivity contribution < 1.29 is 23.1 Å². The molecule has 2 amide bonds. The topological polar surface area (TPSA) is 85.2 Å². The van der Waals surface area contributed by atoms with E-state index < -0.39 is 17.6 Å². The van der Waals surface area contributed by atoms with Crippen LogP contribution in [0.15, 0.2) is 72.9 Å². The van der Waals surface area contributed by atoms with E-state index in [2.05, 4.69) is 15.7 Å². The van der Waals surface area contributed by atoms with Gasteiger partial charge in [0.15, 0.2) is 0 Å². The van der Waals surface area contributed by atoms with E-state index in [9.17, 15) is 18.4 Å². The Hall–Kier alpha value is -4.53. The van der Waals surface area contributed by atoms with E-state index >= 15 is 0 Å². The molecule has 0 radical (unpaired) electrons. The maximum atomic E-state index is 13.5. The Morgan fingerprint density at radius 3 is 2.33 bits per heavy atom. The number of ether oxygens (including phenoxy) is 1. The predicted molar refractivity (Wildman–Crippen MR) is 133 cm³/mol. The van der Waals surface area contributed by atoms with Gasteiger partial charge in [0, 0.05) is 11.3 Å². The summed E-state index contributed by atoms with van der Waals surface area (Å²) in [6.45, 7) is 3.86. The zero-order valence-electron chi connectivity index (χ0n) is 19.9. The monoisotopic (exact) mass is 490 g/mol. The van der Waals surface area contributed by atoms with E-state index in [1.54, 1.807) is 35.0 Å². The van der Waals surface area contributed by atoms with Gasteiger partial charge < -0.3 is 15.4 Å². The summed E-state index contributed by atoms with van der Waals surface area (Å²) in [5.41, 5.74) is 2.49. The van der Waals surface area contributed by atoms with Gasteiger partial charge in [0.1, 0.15) is 17.4 Å². The van der Waals surface area contributed by atoms with Gasteiger partial charge in [-0.15, -0.1) is 0 Å². The lowest BCUT2D eigenvalue weighted by molar-refractivity contribution is 0.101. The SMILES string of the molecule is COc1ccc(NC(=O)c2cnn(-c3ccc(F)cc3)c2C(C)C)cc1NC(=O)c1cccc(F)c1. The summed E-state index contributed by atoms with van der Waals surface area (Å²) in [4.78, 5) is 25.8. The third-order valence-corrected chi connectivity index (χ3v) is 5.46. The van der Waals surface area contributed by atoms with Gasteiger partial charge in [-0.1, -0.05) is 19.9 Å². The molecule has 7 nitrogen and oxygen atoms in total. The van der Waals surface area contributed by atoms with Crippen LogP contribution in [0.4, 0.5) is 20.2 Å². The lowest BCUT2D eigenvalue weighted by Gasteiger charge is -2.15. The van der Waals surface area contributed by atoms with Gasteiger partial charge in [0.2, 0.25) is 0 Å². The Morgan fingerprint density at radius 2 is 1.67 bits per heavy atom. The molecule has 0 aliphatic heterocycles. The first-order valence-corrected chi connectivity index (χ1v) is 11.2. The number of carbonyl (C=O) groups excluding carboxylic acids is 2. The second-order valence-corrected chi connectivity index (χ2v) is 8.32. The first-order valence-electron chi connectivity index (χ1n) is 11.2. The number of carbonyl (C=O) groups is 2. The number of methoxy groups -OCH3 is 1. The summed E-state index contributed by atoms with van der Waals surface area (Å²) in [5.74, 6) is -1.52. The smallest absolute Gasteiger partial charge is 0.259 e. The van der Waals surface area contributed by atoms with Crippen molar-refractivity contribution in [3.63, 3.8) is 0 Å².